The van der Waals surface area contributed by atoms with Crippen LogP contribution in [0.4, 0.5) is 0 Å². The predicted molar refractivity (Wildman–Crippen MR) is 280 cm³/mol. The summed E-state index contributed by atoms with van der Waals surface area (Å²) in [6, 6.07) is 90.7. The van der Waals surface area contributed by atoms with Gasteiger partial charge >= 0.3 is 0 Å². The molecule has 0 aliphatic heterocycles. The van der Waals surface area contributed by atoms with Crippen LogP contribution in [0.1, 0.15) is 22.3 Å². The molecule has 2 aromatic heterocycles. The van der Waals surface area contributed by atoms with E-state index in [9.17, 15) is 0 Å². The van der Waals surface area contributed by atoms with Crippen LogP contribution in [-0.2, 0) is 5.41 Å². The summed E-state index contributed by atoms with van der Waals surface area (Å²) in [5.41, 5.74) is 22.2. The van der Waals surface area contributed by atoms with Gasteiger partial charge in [0.2, 0.25) is 0 Å². The van der Waals surface area contributed by atoms with Crippen LogP contribution < -0.4 is 0 Å². The van der Waals surface area contributed by atoms with E-state index in [4.69, 9.17) is 0 Å². The number of fused-ring (bicyclic) bond motifs is 18. The van der Waals surface area contributed by atoms with E-state index in [-0.39, 0.29) is 0 Å². The standard InChI is InChI=1S/C65H40N2/c1-3-15-46(16-4-1)66-60-25-13-9-21-51(60)55-38-43(31-35-62(55)66)42-28-27-41-29-34-53-50-33-30-45(44-32-36-63-56(39-44)52-22-10-14-26-61(52)67(63)47-17-5-2-6-18-47)40-59(50)65(64(53)54(41)37-42)57-23-11-7-19-48(57)49-20-8-12-24-58(49)65/h1-40H. The Bertz CT molecular complexity index is 4160. The van der Waals surface area contributed by atoms with E-state index >= 15 is 0 Å². The summed E-state index contributed by atoms with van der Waals surface area (Å²) in [4.78, 5) is 0. The number of hydrogen-bond acceptors (Lipinski definition) is 0. The number of para-hydroxylation sites is 4. The molecule has 67 heavy (non-hydrogen) atoms. The normalized spacial score (nSPS) is 13.2. The lowest BCUT2D eigenvalue weighted by molar-refractivity contribution is 0.801. The Kier molecular flexibility index (Phi) is 7.46. The third kappa shape index (κ3) is 4.94. The molecular weight excluding hydrogens is 809 g/mol. The molecule has 2 nitrogen and oxygen atoms in total. The topological polar surface area (TPSA) is 9.86 Å². The second kappa shape index (κ2) is 13.7. The van der Waals surface area contributed by atoms with Gasteiger partial charge in [0.25, 0.3) is 0 Å². The molecular formula is C65H40N2. The summed E-state index contributed by atoms with van der Waals surface area (Å²) in [5.74, 6) is 0. The fourth-order valence-electron chi connectivity index (χ4n) is 12.3. The van der Waals surface area contributed by atoms with Crippen LogP contribution in [0.15, 0.2) is 243 Å². The van der Waals surface area contributed by atoms with Crippen molar-refractivity contribution in [2.75, 3.05) is 0 Å². The van der Waals surface area contributed by atoms with Gasteiger partial charge in [-0.05, 0) is 150 Å². The zero-order valence-corrected chi connectivity index (χ0v) is 36.5. The average molecular weight is 849 g/mol. The first-order chi connectivity index (χ1) is 33.2. The first-order valence-corrected chi connectivity index (χ1v) is 23.3. The number of rotatable bonds is 4. The molecule has 0 amide bonds. The highest BCUT2D eigenvalue weighted by Crippen LogP contribution is 2.64. The summed E-state index contributed by atoms with van der Waals surface area (Å²) >= 11 is 0. The predicted octanol–water partition coefficient (Wildman–Crippen LogP) is 16.7. The molecule has 2 aliphatic carbocycles. The highest BCUT2D eigenvalue weighted by molar-refractivity contribution is 6.12. The Labute approximate surface area is 387 Å². The van der Waals surface area contributed by atoms with Crippen LogP contribution >= 0.6 is 0 Å². The van der Waals surface area contributed by atoms with E-state index < -0.39 is 5.41 Å². The van der Waals surface area contributed by atoms with Gasteiger partial charge in [0, 0.05) is 32.9 Å². The molecule has 2 aliphatic rings. The van der Waals surface area contributed by atoms with Crippen LogP contribution in [0.5, 0.6) is 0 Å². The van der Waals surface area contributed by atoms with Crippen molar-refractivity contribution in [1.29, 1.82) is 0 Å². The Morgan fingerprint density at radius 3 is 1.24 bits per heavy atom. The van der Waals surface area contributed by atoms with E-state index in [1.807, 2.05) is 0 Å². The van der Waals surface area contributed by atoms with Crippen molar-refractivity contribution >= 4 is 54.4 Å². The average Bonchev–Trinajstić information content (AvgIpc) is 4.10. The van der Waals surface area contributed by atoms with Crippen LogP contribution in [0.3, 0.4) is 0 Å². The summed E-state index contributed by atoms with van der Waals surface area (Å²) in [6.07, 6.45) is 0. The molecule has 2 heterocycles. The van der Waals surface area contributed by atoms with Crippen molar-refractivity contribution in [2.45, 2.75) is 5.41 Å². The highest BCUT2D eigenvalue weighted by atomic mass is 15.0. The Morgan fingerprint density at radius 2 is 0.657 bits per heavy atom. The summed E-state index contributed by atoms with van der Waals surface area (Å²) in [7, 11) is 0. The minimum Gasteiger partial charge on any atom is -0.309 e. The van der Waals surface area contributed by atoms with Gasteiger partial charge in [-0.2, -0.15) is 0 Å². The smallest absolute Gasteiger partial charge is 0.0731 e. The minimum absolute atomic E-state index is 0.521. The second-order valence-corrected chi connectivity index (χ2v) is 18.4. The molecule has 310 valence electrons. The summed E-state index contributed by atoms with van der Waals surface area (Å²) in [6.45, 7) is 0. The molecule has 11 aromatic carbocycles. The minimum atomic E-state index is -0.521. The molecule has 2 heteroatoms. The molecule has 0 radical (unpaired) electrons. The van der Waals surface area contributed by atoms with Crippen molar-refractivity contribution < 1.29 is 0 Å². The van der Waals surface area contributed by atoms with E-state index in [0.29, 0.717) is 0 Å². The molecule has 15 rings (SSSR count). The first kappa shape index (κ1) is 36.6. The maximum absolute atomic E-state index is 2.53. The van der Waals surface area contributed by atoms with E-state index in [1.165, 1.54) is 133 Å². The number of hydrogen-bond donors (Lipinski definition) is 0. The molecule has 0 fully saturated rings. The Balaban J connectivity index is 0.959. The van der Waals surface area contributed by atoms with Gasteiger partial charge in [0.05, 0.1) is 27.5 Å². The van der Waals surface area contributed by atoms with Crippen LogP contribution in [0, 0.1) is 0 Å². The maximum atomic E-state index is 2.53. The van der Waals surface area contributed by atoms with E-state index in [0.717, 1.165) is 0 Å². The number of nitrogens with zero attached hydrogens (tertiary/aromatic N) is 2. The summed E-state index contributed by atoms with van der Waals surface area (Å²) in [5, 5.41) is 7.58. The van der Waals surface area contributed by atoms with Gasteiger partial charge in [-0.15, -0.1) is 0 Å². The largest absolute Gasteiger partial charge is 0.309 e. The van der Waals surface area contributed by atoms with Crippen molar-refractivity contribution in [1.82, 2.24) is 9.13 Å². The van der Waals surface area contributed by atoms with E-state index in [1.54, 1.807) is 0 Å². The van der Waals surface area contributed by atoms with Crippen molar-refractivity contribution in [3.8, 4) is 55.9 Å². The zero-order chi connectivity index (χ0) is 43.8. The quantitative estimate of drug-likeness (QED) is 0.167. The lowest BCUT2D eigenvalue weighted by atomic mass is 9.69. The number of benzene rings is 11. The first-order valence-electron chi connectivity index (χ1n) is 23.3. The van der Waals surface area contributed by atoms with Crippen molar-refractivity contribution in [3.63, 3.8) is 0 Å². The molecule has 1 spiro atoms. The van der Waals surface area contributed by atoms with E-state index in [2.05, 4.69) is 252 Å². The second-order valence-electron chi connectivity index (χ2n) is 18.4. The van der Waals surface area contributed by atoms with Gasteiger partial charge in [-0.25, -0.2) is 0 Å². The third-order valence-corrected chi connectivity index (χ3v) is 15.1. The molecule has 0 saturated heterocycles. The summed E-state index contributed by atoms with van der Waals surface area (Å²) < 4.78 is 4.79. The van der Waals surface area contributed by atoms with Crippen molar-refractivity contribution in [3.05, 3.63) is 265 Å². The molecule has 0 N–H and O–H groups in total. The molecule has 0 unspecified atom stereocenters. The molecule has 0 saturated carbocycles. The Morgan fingerprint density at radius 1 is 0.254 bits per heavy atom. The molecule has 0 bridgehead atoms. The van der Waals surface area contributed by atoms with Crippen LogP contribution in [-0.4, -0.2) is 9.13 Å². The van der Waals surface area contributed by atoms with Gasteiger partial charge in [0.15, 0.2) is 0 Å². The van der Waals surface area contributed by atoms with Gasteiger partial charge in [0.1, 0.15) is 0 Å². The lowest BCUT2D eigenvalue weighted by Crippen LogP contribution is -2.26. The maximum Gasteiger partial charge on any atom is 0.0731 e. The molecule has 13 aromatic rings. The number of aromatic nitrogens is 2. The molecule has 0 atom stereocenters. The van der Waals surface area contributed by atoms with Crippen LogP contribution in [0.25, 0.3) is 110 Å². The Hall–Kier alpha value is -8.72. The monoisotopic (exact) mass is 848 g/mol. The fourth-order valence-corrected chi connectivity index (χ4v) is 12.3. The van der Waals surface area contributed by atoms with Crippen LogP contribution in [0.2, 0.25) is 0 Å². The lowest BCUT2D eigenvalue weighted by Gasteiger charge is -2.32. The fraction of sp³-hybridized carbons (Fsp3) is 0.0154. The highest BCUT2D eigenvalue weighted by Gasteiger charge is 2.52. The SMILES string of the molecule is c1ccc(-n2c3ccccc3c3cc(-c4ccc5c(c4)C4(c6ccccc6-c6ccccc64)c4c-5ccc5ccc(-c6ccc7c(c6)c6ccccc6n7-c6ccccc6)cc45)ccc32)cc1. The zero-order valence-electron chi connectivity index (χ0n) is 36.5. The van der Waals surface area contributed by atoms with Gasteiger partial charge in [-0.3, -0.25) is 0 Å². The third-order valence-electron chi connectivity index (χ3n) is 15.1. The van der Waals surface area contributed by atoms with Gasteiger partial charge < -0.3 is 9.13 Å². The van der Waals surface area contributed by atoms with Gasteiger partial charge in [-0.1, -0.05) is 170 Å². The van der Waals surface area contributed by atoms with Crippen molar-refractivity contribution in [2.24, 2.45) is 0 Å².